The molecule has 4 nitrogen and oxygen atoms in total. The average Bonchev–Trinajstić information content (AvgIpc) is 2.82. The molecule has 2 rings (SSSR count). The molecule has 2 N–H and O–H groups in total. The quantitative estimate of drug-likeness (QED) is 0.917. The van der Waals surface area contributed by atoms with Gasteiger partial charge in [0, 0.05) is 12.6 Å². The maximum atomic E-state index is 13.5. The minimum Gasteiger partial charge on any atom is -0.481 e. The zero-order valence-corrected chi connectivity index (χ0v) is 10.4. The van der Waals surface area contributed by atoms with Crippen LogP contribution >= 0.6 is 0 Å². The zero-order valence-electron chi connectivity index (χ0n) is 10.4. The molecule has 0 aliphatic carbocycles. The first-order valence-electron chi connectivity index (χ1n) is 5.76. The molecule has 0 bridgehead atoms. The van der Waals surface area contributed by atoms with E-state index in [1.54, 1.807) is 18.2 Å². The molecule has 0 saturated carbocycles. The summed E-state index contributed by atoms with van der Waals surface area (Å²) in [6.07, 6.45) is -0.485. The fourth-order valence-corrected chi connectivity index (χ4v) is 1.67. The van der Waals surface area contributed by atoms with Crippen LogP contribution in [-0.4, -0.2) is 6.54 Å². The molecular weight excluding hydrogens is 247 g/mol. The lowest BCUT2D eigenvalue weighted by molar-refractivity contribution is 0.181. The second-order valence-electron chi connectivity index (χ2n) is 4.04. The molecule has 98 valence electrons. The minimum absolute atomic E-state index is 0.0227. The average molecular weight is 260 g/mol. The van der Waals surface area contributed by atoms with E-state index >= 15 is 0 Å². The van der Waals surface area contributed by atoms with Crippen LogP contribution in [0.1, 0.15) is 23.2 Å². The highest BCUT2D eigenvalue weighted by atomic mass is 19.1. The van der Waals surface area contributed by atoms with Crippen molar-refractivity contribution in [3.63, 3.8) is 0 Å². The molecule has 2 aromatic rings. The highest BCUT2D eigenvalue weighted by molar-refractivity contribution is 5.36. The monoisotopic (exact) mass is 260 g/mol. The fourth-order valence-electron chi connectivity index (χ4n) is 1.67. The molecule has 1 aromatic heterocycles. The number of ether oxygens (including phenoxy) is 1. The smallest absolute Gasteiger partial charge is 0.168 e. The Hall–Kier alpha value is -2.32. The second-order valence-corrected chi connectivity index (χ2v) is 4.04. The first-order chi connectivity index (χ1) is 9.13. The van der Waals surface area contributed by atoms with E-state index in [0.717, 1.165) is 11.8 Å². The van der Waals surface area contributed by atoms with Crippen molar-refractivity contribution in [2.24, 2.45) is 5.73 Å². The van der Waals surface area contributed by atoms with Crippen molar-refractivity contribution in [2.75, 3.05) is 6.54 Å². The lowest BCUT2D eigenvalue weighted by Crippen LogP contribution is -2.18. The Kier molecular flexibility index (Phi) is 3.83. The van der Waals surface area contributed by atoms with E-state index in [4.69, 9.17) is 20.1 Å². The summed E-state index contributed by atoms with van der Waals surface area (Å²) in [5, 5.41) is 8.65. The van der Waals surface area contributed by atoms with Gasteiger partial charge in [-0.3, -0.25) is 0 Å². The summed E-state index contributed by atoms with van der Waals surface area (Å²) in [5.41, 5.74) is 5.60. The molecule has 0 fully saturated rings. The van der Waals surface area contributed by atoms with Gasteiger partial charge in [-0.05, 0) is 31.2 Å². The van der Waals surface area contributed by atoms with Crippen molar-refractivity contribution in [3.05, 3.63) is 53.2 Å². The van der Waals surface area contributed by atoms with E-state index in [9.17, 15) is 4.39 Å². The number of nitrogens with zero attached hydrogens (tertiary/aromatic N) is 1. The highest BCUT2D eigenvalue weighted by Crippen LogP contribution is 2.24. The predicted molar refractivity (Wildman–Crippen MR) is 67.0 cm³/mol. The Balaban J connectivity index is 2.19. The summed E-state index contributed by atoms with van der Waals surface area (Å²) in [7, 11) is 0. The van der Waals surface area contributed by atoms with Gasteiger partial charge in [-0.25, -0.2) is 4.39 Å². The maximum absolute atomic E-state index is 13.5. The van der Waals surface area contributed by atoms with E-state index in [1.807, 2.05) is 6.92 Å². The van der Waals surface area contributed by atoms with E-state index in [-0.39, 0.29) is 12.1 Å². The van der Waals surface area contributed by atoms with Crippen LogP contribution in [0.5, 0.6) is 5.75 Å². The van der Waals surface area contributed by atoms with Crippen LogP contribution in [0.2, 0.25) is 0 Å². The normalized spacial score (nSPS) is 11.9. The number of hydrogen-bond donors (Lipinski definition) is 1. The zero-order chi connectivity index (χ0) is 13.8. The first-order valence-corrected chi connectivity index (χ1v) is 5.76. The summed E-state index contributed by atoms with van der Waals surface area (Å²) in [5.74, 6) is 1.03. The topological polar surface area (TPSA) is 72.2 Å². The van der Waals surface area contributed by atoms with Gasteiger partial charge < -0.3 is 14.9 Å². The predicted octanol–water partition coefficient (Wildman–Crippen LogP) is 2.68. The van der Waals surface area contributed by atoms with Crippen molar-refractivity contribution in [1.29, 1.82) is 5.26 Å². The van der Waals surface area contributed by atoms with Crippen LogP contribution in [-0.2, 0) is 0 Å². The molecule has 0 aliphatic heterocycles. The second kappa shape index (κ2) is 5.55. The fraction of sp³-hybridized carbons (Fsp3) is 0.214. The third kappa shape index (κ3) is 2.92. The molecule has 0 radical (unpaired) electrons. The van der Waals surface area contributed by atoms with Gasteiger partial charge in [0.1, 0.15) is 29.2 Å². The first kappa shape index (κ1) is 13.1. The number of nitrogens with two attached hydrogens (primary N) is 1. The number of hydrogen-bond acceptors (Lipinski definition) is 4. The van der Waals surface area contributed by atoms with Crippen LogP contribution in [0.15, 0.2) is 34.7 Å². The largest absolute Gasteiger partial charge is 0.481 e. The van der Waals surface area contributed by atoms with Crippen molar-refractivity contribution in [1.82, 2.24) is 0 Å². The minimum atomic E-state index is -0.619. The SMILES string of the molecule is Cc1ccc(C(CN)Oc2ccc(C#N)c(F)c2)o1. The van der Waals surface area contributed by atoms with Crippen LogP contribution < -0.4 is 10.5 Å². The lowest BCUT2D eigenvalue weighted by Gasteiger charge is -2.15. The number of nitriles is 1. The molecule has 0 saturated heterocycles. The van der Waals surface area contributed by atoms with Crippen molar-refractivity contribution in [3.8, 4) is 11.8 Å². The van der Waals surface area contributed by atoms with Gasteiger partial charge >= 0.3 is 0 Å². The van der Waals surface area contributed by atoms with Crippen LogP contribution in [0, 0.1) is 24.1 Å². The number of halogens is 1. The summed E-state index contributed by atoms with van der Waals surface area (Å²) >= 11 is 0. The molecule has 1 atom stereocenters. The van der Waals surface area contributed by atoms with Gasteiger partial charge in [-0.1, -0.05) is 0 Å². The van der Waals surface area contributed by atoms with Crippen molar-refractivity contribution < 1.29 is 13.5 Å². The van der Waals surface area contributed by atoms with E-state index < -0.39 is 11.9 Å². The van der Waals surface area contributed by atoms with E-state index in [2.05, 4.69) is 0 Å². The summed E-state index contributed by atoms with van der Waals surface area (Å²) in [6.45, 7) is 2.02. The maximum Gasteiger partial charge on any atom is 0.168 e. The Morgan fingerprint density at radius 3 is 2.74 bits per heavy atom. The third-order valence-electron chi connectivity index (χ3n) is 2.63. The molecular formula is C14H13FN2O2. The van der Waals surface area contributed by atoms with Gasteiger partial charge in [-0.15, -0.1) is 0 Å². The number of aryl methyl sites for hydroxylation is 1. The van der Waals surface area contributed by atoms with Gasteiger partial charge in [0.25, 0.3) is 0 Å². The van der Waals surface area contributed by atoms with E-state index in [1.165, 1.54) is 12.1 Å². The molecule has 0 amide bonds. The Morgan fingerprint density at radius 1 is 1.42 bits per heavy atom. The Labute approximate surface area is 110 Å². The van der Waals surface area contributed by atoms with Crippen LogP contribution in [0.25, 0.3) is 0 Å². The highest BCUT2D eigenvalue weighted by Gasteiger charge is 2.16. The summed E-state index contributed by atoms with van der Waals surface area (Å²) in [4.78, 5) is 0. The summed E-state index contributed by atoms with van der Waals surface area (Å²) in [6, 6.07) is 9.39. The van der Waals surface area contributed by atoms with Gasteiger partial charge in [0.05, 0.1) is 5.56 Å². The standard InChI is InChI=1S/C14H13FN2O2/c1-9-2-5-13(18-9)14(8-17)19-11-4-3-10(7-16)12(15)6-11/h2-6,14H,8,17H2,1H3. The molecule has 0 spiro atoms. The van der Waals surface area contributed by atoms with Crippen molar-refractivity contribution in [2.45, 2.75) is 13.0 Å². The van der Waals surface area contributed by atoms with Gasteiger partial charge in [0.2, 0.25) is 0 Å². The summed E-state index contributed by atoms with van der Waals surface area (Å²) < 4.78 is 24.5. The molecule has 1 heterocycles. The van der Waals surface area contributed by atoms with E-state index in [0.29, 0.717) is 11.5 Å². The molecule has 5 heteroatoms. The molecule has 1 unspecified atom stereocenters. The number of benzene rings is 1. The Bertz CT molecular complexity index is 616. The Morgan fingerprint density at radius 2 is 2.21 bits per heavy atom. The van der Waals surface area contributed by atoms with Crippen LogP contribution in [0.4, 0.5) is 4.39 Å². The molecule has 19 heavy (non-hydrogen) atoms. The number of furan rings is 1. The lowest BCUT2D eigenvalue weighted by atomic mass is 10.2. The number of rotatable bonds is 4. The van der Waals surface area contributed by atoms with Gasteiger partial charge in [0.15, 0.2) is 6.10 Å². The molecule has 0 aliphatic rings. The van der Waals surface area contributed by atoms with Crippen LogP contribution in [0.3, 0.4) is 0 Å². The molecule has 1 aromatic carbocycles. The third-order valence-corrected chi connectivity index (χ3v) is 2.63. The van der Waals surface area contributed by atoms with Crippen molar-refractivity contribution >= 4 is 0 Å². The van der Waals surface area contributed by atoms with Gasteiger partial charge in [-0.2, -0.15) is 5.26 Å².